The van der Waals surface area contributed by atoms with E-state index in [1.807, 2.05) is 64.1 Å². The molecule has 3 N–H and O–H groups in total. The first-order valence-corrected chi connectivity index (χ1v) is 11.9. The van der Waals surface area contributed by atoms with Crippen LogP contribution in [0.1, 0.15) is 57.6 Å². The van der Waals surface area contributed by atoms with Crippen molar-refractivity contribution in [1.29, 1.82) is 0 Å². The molecule has 0 spiro atoms. The van der Waals surface area contributed by atoms with Crippen LogP contribution in [0.3, 0.4) is 0 Å². The second-order valence-corrected chi connectivity index (χ2v) is 9.36. The summed E-state index contributed by atoms with van der Waals surface area (Å²) in [6.07, 6.45) is 0.237. The SMILES string of the molecule is CC[C@H](C)[C@H](NC(=O)OCC1c2ccccc2-c2ccccc21)C(=O)NC(CC(C)C)C(=O)O. The van der Waals surface area contributed by atoms with Gasteiger partial charge in [0.05, 0.1) is 0 Å². The van der Waals surface area contributed by atoms with Crippen LogP contribution in [0, 0.1) is 11.8 Å². The Hall–Kier alpha value is -3.35. The average molecular weight is 467 g/mol. The molecule has 3 rings (SSSR count). The molecule has 0 saturated carbocycles. The van der Waals surface area contributed by atoms with Crippen LogP contribution in [0.25, 0.3) is 11.1 Å². The van der Waals surface area contributed by atoms with Gasteiger partial charge in [0.25, 0.3) is 0 Å². The summed E-state index contributed by atoms with van der Waals surface area (Å²) in [6.45, 7) is 7.67. The molecule has 7 heteroatoms. The van der Waals surface area contributed by atoms with Crippen LogP contribution in [0.15, 0.2) is 48.5 Å². The van der Waals surface area contributed by atoms with Gasteiger partial charge in [0.1, 0.15) is 18.7 Å². The second kappa shape index (κ2) is 11.2. The fourth-order valence-electron chi connectivity index (χ4n) is 4.42. The minimum atomic E-state index is -1.09. The number of hydrogen-bond acceptors (Lipinski definition) is 4. The number of fused-ring (bicyclic) bond motifs is 3. The predicted molar refractivity (Wildman–Crippen MR) is 130 cm³/mol. The largest absolute Gasteiger partial charge is 0.480 e. The number of nitrogens with one attached hydrogen (secondary N) is 2. The number of carbonyl (C=O) groups excluding carboxylic acids is 2. The highest BCUT2D eigenvalue weighted by Gasteiger charge is 2.32. The van der Waals surface area contributed by atoms with Gasteiger partial charge in [-0.15, -0.1) is 0 Å². The maximum absolute atomic E-state index is 12.9. The van der Waals surface area contributed by atoms with Crippen molar-refractivity contribution in [3.63, 3.8) is 0 Å². The number of hydrogen-bond donors (Lipinski definition) is 3. The van der Waals surface area contributed by atoms with Gasteiger partial charge in [-0.2, -0.15) is 0 Å². The summed E-state index contributed by atoms with van der Waals surface area (Å²) in [6, 6.07) is 14.2. The molecule has 2 aromatic rings. The van der Waals surface area contributed by atoms with Crippen LogP contribution in [-0.2, 0) is 14.3 Å². The monoisotopic (exact) mass is 466 g/mol. The standard InChI is InChI=1S/C27H34N2O5/c1-5-17(4)24(25(30)28-23(26(31)32)14-16(2)3)29-27(33)34-15-22-20-12-8-6-10-18(20)19-11-7-9-13-21(19)22/h6-13,16-17,22-24H,5,14-15H2,1-4H3,(H,28,30)(H,29,33)(H,31,32)/t17-,23?,24-/m0/s1. The fraction of sp³-hybridized carbons (Fsp3) is 0.444. The van der Waals surface area contributed by atoms with Crippen LogP contribution in [0.4, 0.5) is 4.79 Å². The molecule has 0 fully saturated rings. The number of benzene rings is 2. The quantitative estimate of drug-likeness (QED) is 0.476. The molecule has 0 aromatic heterocycles. The molecule has 1 unspecified atom stereocenters. The van der Waals surface area contributed by atoms with Gasteiger partial charge in [-0.05, 0) is 40.5 Å². The third-order valence-electron chi connectivity index (χ3n) is 6.43. The van der Waals surface area contributed by atoms with E-state index in [0.29, 0.717) is 12.8 Å². The number of rotatable bonds is 10. The molecule has 182 valence electrons. The molecule has 0 saturated heterocycles. The normalized spacial score (nSPS) is 15.1. The fourth-order valence-corrected chi connectivity index (χ4v) is 4.42. The zero-order valence-corrected chi connectivity index (χ0v) is 20.2. The van der Waals surface area contributed by atoms with E-state index in [1.165, 1.54) is 0 Å². The van der Waals surface area contributed by atoms with Crippen molar-refractivity contribution >= 4 is 18.0 Å². The minimum absolute atomic E-state index is 0.0866. The van der Waals surface area contributed by atoms with Gasteiger partial charge in [-0.1, -0.05) is 82.6 Å². The minimum Gasteiger partial charge on any atom is -0.480 e. The zero-order valence-electron chi connectivity index (χ0n) is 20.2. The Bertz CT molecular complexity index is 990. The summed E-state index contributed by atoms with van der Waals surface area (Å²) in [4.78, 5) is 37.2. The van der Waals surface area contributed by atoms with Crippen molar-refractivity contribution in [1.82, 2.24) is 10.6 Å². The summed E-state index contributed by atoms with van der Waals surface area (Å²) in [5.41, 5.74) is 4.47. The van der Waals surface area contributed by atoms with Crippen molar-refractivity contribution in [2.24, 2.45) is 11.8 Å². The smallest absolute Gasteiger partial charge is 0.407 e. The van der Waals surface area contributed by atoms with Gasteiger partial charge >= 0.3 is 12.1 Å². The predicted octanol–water partition coefficient (Wildman–Crippen LogP) is 4.56. The molecule has 2 aromatic carbocycles. The lowest BCUT2D eigenvalue weighted by molar-refractivity contribution is -0.142. The molecule has 0 bridgehead atoms. The van der Waals surface area contributed by atoms with Gasteiger partial charge in [0.2, 0.25) is 5.91 Å². The van der Waals surface area contributed by atoms with Gasteiger partial charge in [-0.3, -0.25) is 4.79 Å². The third kappa shape index (κ3) is 5.76. The van der Waals surface area contributed by atoms with E-state index in [2.05, 4.69) is 22.8 Å². The van der Waals surface area contributed by atoms with Crippen molar-refractivity contribution in [3.05, 3.63) is 59.7 Å². The van der Waals surface area contributed by atoms with E-state index < -0.39 is 30.1 Å². The first-order valence-electron chi connectivity index (χ1n) is 11.9. The molecular formula is C27H34N2O5. The van der Waals surface area contributed by atoms with Crippen LogP contribution in [0.2, 0.25) is 0 Å². The Labute approximate surface area is 200 Å². The molecule has 0 aliphatic heterocycles. The number of aliphatic carboxylic acids is 1. The Kier molecular flexibility index (Phi) is 8.31. The topological polar surface area (TPSA) is 105 Å². The Morgan fingerprint density at radius 2 is 1.50 bits per heavy atom. The molecule has 0 heterocycles. The average Bonchev–Trinajstić information content (AvgIpc) is 3.13. The van der Waals surface area contributed by atoms with E-state index in [4.69, 9.17) is 4.74 Å². The molecule has 7 nitrogen and oxygen atoms in total. The molecule has 1 aliphatic rings. The molecule has 1 aliphatic carbocycles. The lowest BCUT2D eigenvalue weighted by Crippen LogP contribution is -2.54. The van der Waals surface area contributed by atoms with Crippen LogP contribution >= 0.6 is 0 Å². The van der Waals surface area contributed by atoms with Crippen molar-refractivity contribution < 1.29 is 24.2 Å². The summed E-state index contributed by atoms with van der Waals surface area (Å²) >= 11 is 0. The maximum Gasteiger partial charge on any atom is 0.407 e. The number of alkyl carbamates (subject to hydrolysis) is 1. The van der Waals surface area contributed by atoms with Crippen molar-refractivity contribution in [2.75, 3.05) is 6.61 Å². The summed E-state index contributed by atoms with van der Waals surface area (Å²) in [7, 11) is 0. The van der Waals surface area contributed by atoms with Crippen molar-refractivity contribution in [2.45, 2.75) is 58.5 Å². The number of amides is 2. The van der Waals surface area contributed by atoms with E-state index in [1.54, 1.807) is 0 Å². The molecule has 0 radical (unpaired) electrons. The van der Waals surface area contributed by atoms with Crippen LogP contribution < -0.4 is 10.6 Å². The van der Waals surface area contributed by atoms with Gasteiger partial charge in [0, 0.05) is 5.92 Å². The Morgan fingerprint density at radius 1 is 0.941 bits per heavy atom. The highest BCUT2D eigenvalue weighted by Crippen LogP contribution is 2.44. The van der Waals surface area contributed by atoms with E-state index in [0.717, 1.165) is 22.3 Å². The van der Waals surface area contributed by atoms with Crippen LogP contribution in [0.5, 0.6) is 0 Å². The summed E-state index contributed by atoms with van der Waals surface area (Å²) in [5, 5.41) is 14.7. The van der Waals surface area contributed by atoms with Gasteiger partial charge < -0.3 is 20.5 Å². The zero-order chi connectivity index (χ0) is 24.8. The highest BCUT2D eigenvalue weighted by molar-refractivity contribution is 5.89. The lowest BCUT2D eigenvalue weighted by Gasteiger charge is -2.26. The highest BCUT2D eigenvalue weighted by atomic mass is 16.5. The van der Waals surface area contributed by atoms with Crippen molar-refractivity contribution in [3.8, 4) is 11.1 Å². The maximum atomic E-state index is 12.9. The number of carboxylic acids is 1. The molecule has 3 atom stereocenters. The lowest BCUT2D eigenvalue weighted by atomic mass is 9.97. The summed E-state index contributed by atoms with van der Waals surface area (Å²) < 4.78 is 5.59. The van der Waals surface area contributed by atoms with Crippen LogP contribution in [-0.4, -0.2) is 41.8 Å². The Balaban J connectivity index is 1.68. The molecular weight excluding hydrogens is 432 g/mol. The first-order chi connectivity index (χ1) is 16.2. The number of carbonyl (C=O) groups is 3. The summed E-state index contributed by atoms with van der Waals surface area (Å²) in [5.74, 6) is -1.80. The number of carboxylic acid groups (broad SMARTS) is 1. The molecule has 34 heavy (non-hydrogen) atoms. The van der Waals surface area contributed by atoms with E-state index in [9.17, 15) is 19.5 Å². The molecule has 2 amide bonds. The van der Waals surface area contributed by atoms with E-state index in [-0.39, 0.29) is 24.4 Å². The Morgan fingerprint density at radius 3 is 2.00 bits per heavy atom. The van der Waals surface area contributed by atoms with E-state index >= 15 is 0 Å². The number of ether oxygens (including phenoxy) is 1. The third-order valence-corrected chi connectivity index (χ3v) is 6.43. The first kappa shape index (κ1) is 25.3. The second-order valence-electron chi connectivity index (χ2n) is 9.36. The van der Waals surface area contributed by atoms with Gasteiger partial charge in [0.15, 0.2) is 0 Å². The van der Waals surface area contributed by atoms with Gasteiger partial charge in [-0.25, -0.2) is 9.59 Å².